The summed E-state index contributed by atoms with van der Waals surface area (Å²) in [6.45, 7) is 0. The Labute approximate surface area is 147 Å². The number of nitro benzene ring substituents is 1. The zero-order valence-electron chi connectivity index (χ0n) is 12.4. The molecule has 4 N–H and O–H groups in total. The third kappa shape index (κ3) is 4.10. The van der Waals surface area contributed by atoms with Crippen molar-refractivity contribution in [3.05, 3.63) is 44.7 Å². The normalized spacial score (nSPS) is 10.7. The Bertz CT molecular complexity index is 1030. The number of nitrogen functional groups attached to an aromatic ring is 1. The number of amides is 1. The number of fused-ring (bicyclic) bond motifs is 1. The number of aromatic nitrogens is 3. The fourth-order valence-electron chi connectivity index (χ4n) is 1.89. The molecule has 0 atom stereocenters. The highest BCUT2D eigenvalue weighted by atomic mass is 32.2. The number of non-ortho nitro benzene ring substituents is 1. The lowest BCUT2D eigenvalue weighted by molar-refractivity contribution is -0.384. The summed E-state index contributed by atoms with van der Waals surface area (Å²) in [7, 11) is 0. The highest BCUT2D eigenvalue weighted by Crippen LogP contribution is 2.29. The van der Waals surface area contributed by atoms with E-state index in [0.29, 0.717) is 10.6 Å². The summed E-state index contributed by atoms with van der Waals surface area (Å²) >= 11 is 2.22. The van der Waals surface area contributed by atoms with Gasteiger partial charge in [-0.3, -0.25) is 19.7 Å². The maximum Gasteiger partial charge on any atom is 0.271 e. The van der Waals surface area contributed by atoms with E-state index in [2.05, 4.69) is 20.3 Å². The standard InChI is InChI=1S/C13H10N6O4S2/c14-9-4-10(20)17-12(16-9)24-5-11(21)18-13-15-7-3-6(19(22)23)1-2-8(7)25-13/h1-4H,5H2,(H,15,18,21)(H3,14,16,17,20). The number of thiazole rings is 1. The lowest BCUT2D eigenvalue weighted by Gasteiger charge is -2.01. The number of thioether (sulfide) groups is 1. The van der Waals surface area contributed by atoms with Gasteiger partial charge in [-0.1, -0.05) is 23.1 Å². The second-order valence-corrected chi connectivity index (χ2v) is 6.74. The van der Waals surface area contributed by atoms with Gasteiger partial charge in [-0.15, -0.1) is 0 Å². The van der Waals surface area contributed by atoms with Crippen molar-refractivity contribution in [1.82, 2.24) is 15.0 Å². The summed E-state index contributed by atoms with van der Waals surface area (Å²) in [5.41, 5.74) is 5.43. The number of hydrogen-bond acceptors (Lipinski definition) is 9. The fraction of sp³-hybridized carbons (Fsp3) is 0.0769. The molecule has 1 amide bonds. The van der Waals surface area contributed by atoms with Crippen LogP contribution in [-0.4, -0.2) is 31.5 Å². The third-order valence-electron chi connectivity index (χ3n) is 2.91. The van der Waals surface area contributed by atoms with Crippen molar-refractivity contribution >= 4 is 55.9 Å². The van der Waals surface area contributed by atoms with Gasteiger partial charge in [-0.05, 0) is 6.07 Å². The molecule has 0 aliphatic rings. The average molecular weight is 378 g/mol. The summed E-state index contributed by atoms with van der Waals surface area (Å²) < 4.78 is 0.718. The predicted molar refractivity (Wildman–Crippen MR) is 94.9 cm³/mol. The molecule has 2 aromatic heterocycles. The van der Waals surface area contributed by atoms with E-state index < -0.39 is 10.5 Å². The van der Waals surface area contributed by atoms with Crippen molar-refractivity contribution in [3.63, 3.8) is 0 Å². The van der Waals surface area contributed by atoms with E-state index in [1.807, 2.05) is 0 Å². The smallest absolute Gasteiger partial charge is 0.271 e. The minimum absolute atomic E-state index is 0.0114. The van der Waals surface area contributed by atoms with Crippen molar-refractivity contribution in [2.24, 2.45) is 0 Å². The highest BCUT2D eigenvalue weighted by Gasteiger charge is 2.12. The lowest BCUT2D eigenvalue weighted by Crippen LogP contribution is -2.15. The lowest BCUT2D eigenvalue weighted by atomic mass is 10.3. The Balaban J connectivity index is 1.67. The predicted octanol–water partition coefficient (Wildman–Crippen LogP) is 1.60. The molecule has 0 bridgehead atoms. The van der Waals surface area contributed by atoms with E-state index in [-0.39, 0.29) is 28.3 Å². The van der Waals surface area contributed by atoms with Gasteiger partial charge in [-0.25, -0.2) is 9.97 Å². The van der Waals surface area contributed by atoms with E-state index in [9.17, 15) is 19.7 Å². The number of nitrogens with one attached hydrogen (secondary N) is 2. The highest BCUT2D eigenvalue weighted by molar-refractivity contribution is 7.99. The molecule has 0 spiro atoms. The summed E-state index contributed by atoms with van der Waals surface area (Å²) in [5.74, 6) is -0.300. The number of hydrogen-bond donors (Lipinski definition) is 3. The number of benzene rings is 1. The van der Waals surface area contributed by atoms with Gasteiger partial charge < -0.3 is 16.0 Å². The summed E-state index contributed by atoms with van der Waals surface area (Å²) in [6.07, 6.45) is 0. The van der Waals surface area contributed by atoms with Crippen LogP contribution in [0.15, 0.2) is 34.2 Å². The van der Waals surface area contributed by atoms with Gasteiger partial charge in [0.05, 0.1) is 20.9 Å². The molecule has 0 saturated carbocycles. The summed E-state index contributed by atoms with van der Waals surface area (Å²) in [6, 6.07) is 5.45. The fourth-order valence-corrected chi connectivity index (χ4v) is 3.44. The van der Waals surface area contributed by atoms with Gasteiger partial charge in [0.1, 0.15) is 5.82 Å². The Morgan fingerprint density at radius 2 is 2.20 bits per heavy atom. The van der Waals surface area contributed by atoms with E-state index in [1.165, 1.54) is 23.5 Å². The zero-order valence-corrected chi connectivity index (χ0v) is 14.0. The molecule has 12 heteroatoms. The molecular formula is C13H10N6O4S2. The Morgan fingerprint density at radius 3 is 2.92 bits per heavy atom. The van der Waals surface area contributed by atoms with Crippen LogP contribution in [0.5, 0.6) is 0 Å². The van der Waals surface area contributed by atoms with E-state index in [0.717, 1.165) is 22.5 Å². The number of nitrogens with zero attached hydrogens (tertiary/aromatic N) is 3. The first-order valence-electron chi connectivity index (χ1n) is 6.75. The number of carbonyl (C=O) groups is 1. The number of carbonyl (C=O) groups excluding carboxylic acids is 1. The Hall–Kier alpha value is -2.99. The molecule has 25 heavy (non-hydrogen) atoms. The molecule has 0 radical (unpaired) electrons. The summed E-state index contributed by atoms with van der Waals surface area (Å²) in [5, 5.41) is 13.9. The van der Waals surface area contributed by atoms with Gasteiger partial charge in [0.15, 0.2) is 10.3 Å². The van der Waals surface area contributed by atoms with Gasteiger partial charge in [0, 0.05) is 18.2 Å². The first-order valence-corrected chi connectivity index (χ1v) is 8.55. The molecule has 3 aromatic rings. The van der Waals surface area contributed by atoms with Crippen molar-refractivity contribution < 1.29 is 9.72 Å². The van der Waals surface area contributed by atoms with Crippen LogP contribution in [0, 0.1) is 10.1 Å². The van der Waals surface area contributed by atoms with Crippen molar-refractivity contribution in [3.8, 4) is 0 Å². The van der Waals surface area contributed by atoms with Crippen LogP contribution < -0.4 is 16.6 Å². The zero-order chi connectivity index (χ0) is 18.0. The van der Waals surface area contributed by atoms with Gasteiger partial charge in [-0.2, -0.15) is 0 Å². The summed E-state index contributed by atoms with van der Waals surface area (Å²) in [4.78, 5) is 44.0. The molecule has 0 fully saturated rings. The van der Waals surface area contributed by atoms with Gasteiger partial charge in [0.25, 0.3) is 11.2 Å². The van der Waals surface area contributed by atoms with Gasteiger partial charge in [0.2, 0.25) is 5.91 Å². The molecule has 2 heterocycles. The molecule has 0 aliphatic carbocycles. The largest absolute Gasteiger partial charge is 0.383 e. The SMILES string of the molecule is Nc1cc(=O)[nH]c(SCC(=O)Nc2nc3cc([N+](=O)[O-])ccc3s2)n1. The molecule has 0 unspecified atom stereocenters. The van der Waals surface area contributed by atoms with Crippen molar-refractivity contribution in [1.29, 1.82) is 0 Å². The minimum atomic E-state index is -0.507. The monoisotopic (exact) mass is 378 g/mol. The number of aromatic amines is 1. The maximum atomic E-state index is 12.0. The van der Waals surface area contributed by atoms with Crippen LogP contribution in [0.1, 0.15) is 0 Å². The van der Waals surface area contributed by atoms with Crippen LogP contribution in [0.3, 0.4) is 0 Å². The van der Waals surface area contributed by atoms with Crippen LogP contribution in [-0.2, 0) is 4.79 Å². The Morgan fingerprint density at radius 1 is 1.40 bits per heavy atom. The number of nitrogens with two attached hydrogens (primary N) is 1. The quantitative estimate of drug-likeness (QED) is 0.261. The van der Waals surface area contributed by atoms with E-state index in [4.69, 9.17) is 5.73 Å². The second-order valence-electron chi connectivity index (χ2n) is 4.74. The van der Waals surface area contributed by atoms with E-state index in [1.54, 1.807) is 6.07 Å². The first-order chi connectivity index (χ1) is 11.9. The average Bonchev–Trinajstić information content (AvgIpc) is 2.93. The van der Waals surface area contributed by atoms with Crippen LogP contribution >= 0.6 is 23.1 Å². The van der Waals surface area contributed by atoms with E-state index >= 15 is 0 Å². The number of nitro groups is 1. The van der Waals surface area contributed by atoms with Crippen molar-refractivity contribution in [2.75, 3.05) is 16.8 Å². The number of rotatable bonds is 5. The molecule has 1 aromatic carbocycles. The molecule has 3 rings (SSSR count). The van der Waals surface area contributed by atoms with Crippen LogP contribution in [0.25, 0.3) is 10.2 Å². The number of anilines is 2. The number of H-pyrrole nitrogens is 1. The maximum absolute atomic E-state index is 12.0. The Kier molecular flexibility index (Phi) is 4.63. The molecule has 128 valence electrons. The van der Waals surface area contributed by atoms with Crippen LogP contribution in [0.2, 0.25) is 0 Å². The van der Waals surface area contributed by atoms with Crippen molar-refractivity contribution in [2.45, 2.75) is 5.16 Å². The topological polar surface area (TPSA) is 157 Å². The second kappa shape index (κ2) is 6.86. The molecule has 10 nitrogen and oxygen atoms in total. The van der Waals surface area contributed by atoms with Gasteiger partial charge >= 0.3 is 0 Å². The molecular weight excluding hydrogens is 368 g/mol. The van der Waals surface area contributed by atoms with Crippen LogP contribution in [0.4, 0.5) is 16.6 Å². The minimum Gasteiger partial charge on any atom is -0.383 e. The molecule has 0 saturated heterocycles. The first kappa shape index (κ1) is 16.9. The molecule has 0 aliphatic heterocycles. The third-order valence-corrected chi connectivity index (χ3v) is 4.73.